The van der Waals surface area contributed by atoms with Crippen LogP contribution in [0.5, 0.6) is 0 Å². The molecule has 0 atom stereocenters. The average Bonchev–Trinajstić information content (AvgIpc) is 2.79. The first-order valence-electron chi connectivity index (χ1n) is 10.6. The SMILES string of the molecule is CCN1CCN(c2ccc(N3CCN(S(=O)(=O)c4cccc(C)c4)CC3)nn2)CC1. The number of aryl methyl sites for hydroxylation is 1. The molecule has 2 aliphatic heterocycles. The van der Waals surface area contributed by atoms with E-state index in [4.69, 9.17) is 0 Å². The van der Waals surface area contributed by atoms with Crippen molar-refractivity contribution in [1.29, 1.82) is 0 Å². The highest BCUT2D eigenvalue weighted by Crippen LogP contribution is 2.22. The average molecular weight is 431 g/mol. The quantitative estimate of drug-likeness (QED) is 0.711. The van der Waals surface area contributed by atoms with E-state index >= 15 is 0 Å². The van der Waals surface area contributed by atoms with Gasteiger partial charge in [0.05, 0.1) is 4.90 Å². The van der Waals surface area contributed by atoms with Gasteiger partial charge in [0, 0.05) is 52.4 Å². The molecule has 2 aromatic rings. The Morgan fingerprint density at radius 1 is 0.833 bits per heavy atom. The fourth-order valence-electron chi connectivity index (χ4n) is 4.03. The molecule has 2 saturated heterocycles. The van der Waals surface area contributed by atoms with E-state index < -0.39 is 10.0 Å². The Labute approximate surface area is 179 Å². The standard InChI is InChI=1S/C21H30N6O2S/c1-3-24-9-11-25(12-10-24)20-7-8-21(23-22-20)26-13-15-27(16-14-26)30(28,29)19-6-4-5-18(2)17-19/h4-8,17H,3,9-16H2,1-2H3. The van der Waals surface area contributed by atoms with Crippen LogP contribution in [0.2, 0.25) is 0 Å². The molecule has 2 fully saturated rings. The Kier molecular flexibility index (Phi) is 6.21. The van der Waals surface area contributed by atoms with E-state index in [0.717, 1.165) is 49.9 Å². The number of nitrogens with zero attached hydrogens (tertiary/aromatic N) is 6. The minimum Gasteiger partial charge on any atom is -0.353 e. The molecular formula is C21H30N6O2S. The molecule has 0 radical (unpaired) electrons. The summed E-state index contributed by atoms with van der Waals surface area (Å²) in [5.74, 6) is 1.72. The first-order valence-corrected chi connectivity index (χ1v) is 12.0. The summed E-state index contributed by atoms with van der Waals surface area (Å²) in [6.45, 7) is 11.3. The van der Waals surface area contributed by atoms with Gasteiger partial charge in [-0.05, 0) is 43.3 Å². The van der Waals surface area contributed by atoms with Gasteiger partial charge in [0.1, 0.15) is 0 Å². The Balaban J connectivity index is 1.36. The summed E-state index contributed by atoms with van der Waals surface area (Å²) < 4.78 is 27.4. The Bertz CT molecular complexity index is 950. The predicted octanol–water partition coefficient (Wildman–Crippen LogP) is 1.44. The number of hydrogen-bond donors (Lipinski definition) is 0. The second kappa shape index (κ2) is 8.87. The fraction of sp³-hybridized carbons (Fsp3) is 0.524. The van der Waals surface area contributed by atoms with Crippen LogP contribution < -0.4 is 9.80 Å². The van der Waals surface area contributed by atoms with Gasteiger partial charge in [-0.1, -0.05) is 19.1 Å². The van der Waals surface area contributed by atoms with Crippen LogP contribution in [0.15, 0.2) is 41.3 Å². The normalized spacial score (nSPS) is 19.3. The van der Waals surface area contributed by atoms with E-state index in [1.165, 1.54) is 0 Å². The summed E-state index contributed by atoms with van der Waals surface area (Å²) >= 11 is 0. The third-order valence-corrected chi connectivity index (χ3v) is 7.86. The van der Waals surface area contributed by atoms with Crippen LogP contribution in [0, 0.1) is 6.92 Å². The van der Waals surface area contributed by atoms with E-state index in [1.807, 2.05) is 25.1 Å². The van der Waals surface area contributed by atoms with E-state index in [2.05, 4.69) is 31.8 Å². The summed E-state index contributed by atoms with van der Waals surface area (Å²) in [4.78, 5) is 7.18. The van der Waals surface area contributed by atoms with E-state index in [0.29, 0.717) is 31.1 Å². The zero-order valence-corrected chi connectivity index (χ0v) is 18.6. The zero-order chi connectivity index (χ0) is 21.1. The molecule has 1 aromatic carbocycles. The number of anilines is 2. The largest absolute Gasteiger partial charge is 0.353 e. The lowest BCUT2D eigenvalue weighted by atomic mass is 10.2. The van der Waals surface area contributed by atoms with E-state index in [9.17, 15) is 8.42 Å². The molecule has 0 N–H and O–H groups in total. The number of sulfonamides is 1. The van der Waals surface area contributed by atoms with Gasteiger partial charge in [0.25, 0.3) is 0 Å². The summed E-state index contributed by atoms with van der Waals surface area (Å²) in [5.41, 5.74) is 0.946. The molecule has 0 spiro atoms. The van der Waals surface area contributed by atoms with Crippen molar-refractivity contribution in [3.63, 3.8) is 0 Å². The van der Waals surface area contributed by atoms with Crippen molar-refractivity contribution < 1.29 is 8.42 Å². The minimum absolute atomic E-state index is 0.364. The van der Waals surface area contributed by atoms with Gasteiger partial charge in [-0.15, -0.1) is 10.2 Å². The molecule has 0 unspecified atom stereocenters. The highest BCUT2D eigenvalue weighted by atomic mass is 32.2. The Hall–Kier alpha value is -2.23. The van der Waals surface area contributed by atoms with Crippen molar-refractivity contribution in [3.05, 3.63) is 42.0 Å². The molecule has 30 heavy (non-hydrogen) atoms. The topological polar surface area (TPSA) is 72.9 Å². The number of rotatable bonds is 5. The van der Waals surface area contributed by atoms with Gasteiger partial charge in [-0.3, -0.25) is 0 Å². The van der Waals surface area contributed by atoms with Gasteiger partial charge >= 0.3 is 0 Å². The number of aromatic nitrogens is 2. The van der Waals surface area contributed by atoms with Crippen LogP contribution in [-0.2, 0) is 10.0 Å². The van der Waals surface area contributed by atoms with Crippen molar-refractivity contribution in [3.8, 4) is 0 Å². The monoisotopic (exact) mass is 430 g/mol. The van der Waals surface area contributed by atoms with Gasteiger partial charge < -0.3 is 14.7 Å². The molecule has 1 aromatic heterocycles. The Morgan fingerprint density at radius 2 is 1.40 bits per heavy atom. The van der Waals surface area contributed by atoms with Crippen LogP contribution >= 0.6 is 0 Å². The fourth-order valence-corrected chi connectivity index (χ4v) is 5.56. The maximum atomic E-state index is 12.9. The maximum Gasteiger partial charge on any atom is 0.243 e. The Morgan fingerprint density at radius 3 is 1.90 bits per heavy atom. The number of hydrogen-bond acceptors (Lipinski definition) is 7. The van der Waals surface area contributed by atoms with Crippen molar-refractivity contribution in [2.24, 2.45) is 0 Å². The second-order valence-corrected chi connectivity index (χ2v) is 9.82. The first kappa shape index (κ1) is 21.0. The molecule has 4 rings (SSSR count). The maximum absolute atomic E-state index is 12.9. The van der Waals surface area contributed by atoms with Crippen LogP contribution in [0.25, 0.3) is 0 Å². The second-order valence-electron chi connectivity index (χ2n) is 7.88. The predicted molar refractivity (Wildman–Crippen MR) is 119 cm³/mol. The third-order valence-electron chi connectivity index (χ3n) is 5.97. The summed E-state index contributed by atoms with van der Waals surface area (Å²) in [6, 6.07) is 11.1. The molecule has 0 aliphatic carbocycles. The zero-order valence-electron chi connectivity index (χ0n) is 17.7. The molecule has 9 heteroatoms. The van der Waals surface area contributed by atoms with E-state index in [-0.39, 0.29) is 0 Å². The van der Waals surface area contributed by atoms with Crippen LogP contribution in [0.1, 0.15) is 12.5 Å². The molecule has 2 aliphatic rings. The van der Waals surface area contributed by atoms with Crippen molar-refractivity contribution in [1.82, 2.24) is 19.4 Å². The molecular weight excluding hydrogens is 400 g/mol. The lowest BCUT2D eigenvalue weighted by Crippen LogP contribution is -2.49. The van der Waals surface area contributed by atoms with Crippen LogP contribution in [-0.4, -0.2) is 86.7 Å². The van der Waals surface area contributed by atoms with E-state index in [1.54, 1.807) is 22.5 Å². The molecule has 3 heterocycles. The van der Waals surface area contributed by atoms with Crippen LogP contribution in [0.4, 0.5) is 11.6 Å². The third kappa shape index (κ3) is 4.43. The molecule has 0 saturated carbocycles. The lowest BCUT2D eigenvalue weighted by molar-refractivity contribution is 0.270. The lowest BCUT2D eigenvalue weighted by Gasteiger charge is -2.35. The van der Waals surface area contributed by atoms with Crippen LogP contribution in [0.3, 0.4) is 0 Å². The van der Waals surface area contributed by atoms with Crippen molar-refractivity contribution >= 4 is 21.7 Å². The number of likely N-dealkylation sites (N-methyl/N-ethyl adjacent to an activating group) is 1. The van der Waals surface area contributed by atoms with Gasteiger partial charge in [0.15, 0.2) is 11.6 Å². The molecule has 162 valence electrons. The number of benzene rings is 1. The summed E-state index contributed by atoms with van der Waals surface area (Å²) in [7, 11) is -3.46. The van der Waals surface area contributed by atoms with Gasteiger partial charge in [-0.2, -0.15) is 4.31 Å². The smallest absolute Gasteiger partial charge is 0.243 e. The summed E-state index contributed by atoms with van der Waals surface area (Å²) in [5, 5.41) is 8.86. The highest BCUT2D eigenvalue weighted by Gasteiger charge is 2.29. The molecule has 0 bridgehead atoms. The molecule has 0 amide bonds. The highest BCUT2D eigenvalue weighted by molar-refractivity contribution is 7.89. The van der Waals surface area contributed by atoms with Gasteiger partial charge in [-0.25, -0.2) is 8.42 Å². The number of piperazine rings is 2. The summed E-state index contributed by atoms with van der Waals surface area (Å²) in [6.07, 6.45) is 0. The first-order chi connectivity index (χ1) is 14.5. The van der Waals surface area contributed by atoms with Gasteiger partial charge in [0.2, 0.25) is 10.0 Å². The molecule has 8 nitrogen and oxygen atoms in total. The van der Waals surface area contributed by atoms with Crippen molar-refractivity contribution in [2.45, 2.75) is 18.7 Å². The minimum atomic E-state index is -3.46. The van der Waals surface area contributed by atoms with Crippen molar-refractivity contribution in [2.75, 3.05) is 68.7 Å².